The highest BCUT2D eigenvalue weighted by Crippen LogP contribution is 2.45. The van der Waals surface area contributed by atoms with Gasteiger partial charge in [-0.2, -0.15) is 0 Å². The molecule has 0 aromatic heterocycles. The fourth-order valence-electron chi connectivity index (χ4n) is 3.72. The number of aryl methyl sites for hydroxylation is 1. The lowest BCUT2D eigenvalue weighted by Gasteiger charge is -2.52. The van der Waals surface area contributed by atoms with Gasteiger partial charge in [0.15, 0.2) is 0 Å². The molecule has 2 aliphatic rings. The van der Waals surface area contributed by atoms with Gasteiger partial charge in [0.1, 0.15) is 0 Å². The van der Waals surface area contributed by atoms with Crippen LogP contribution in [0.2, 0.25) is 0 Å². The van der Waals surface area contributed by atoms with Crippen molar-refractivity contribution in [3.05, 3.63) is 29.3 Å². The van der Waals surface area contributed by atoms with Crippen molar-refractivity contribution >= 4 is 5.69 Å². The topological polar surface area (TPSA) is 21.3 Å². The molecule has 2 aliphatic carbocycles. The van der Waals surface area contributed by atoms with Crippen molar-refractivity contribution in [1.29, 1.82) is 0 Å². The Bertz CT molecular complexity index is 480. The molecule has 1 fully saturated rings. The maximum absolute atomic E-state index is 5.83. The van der Waals surface area contributed by atoms with Crippen LogP contribution in [0.25, 0.3) is 0 Å². The highest BCUT2D eigenvalue weighted by atomic mass is 16.5. The third kappa shape index (κ3) is 2.35. The summed E-state index contributed by atoms with van der Waals surface area (Å²) in [6.07, 6.45) is 6.70. The fourth-order valence-corrected chi connectivity index (χ4v) is 3.72. The largest absolute Gasteiger partial charge is 0.381 e. The molecule has 3 rings (SSSR count). The average molecular weight is 273 g/mol. The summed E-state index contributed by atoms with van der Waals surface area (Å²) in [7, 11) is 0. The monoisotopic (exact) mass is 273 g/mol. The van der Waals surface area contributed by atoms with Crippen LogP contribution in [-0.4, -0.2) is 18.8 Å². The number of ether oxygens (including phenoxy) is 1. The molecule has 0 heterocycles. The zero-order chi connectivity index (χ0) is 14.2. The van der Waals surface area contributed by atoms with Gasteiger partial charge in [-0.25, -0.2) is 0 Å². The zero-order valence-corrected chi connectivity index (χ0v) is 13.0. The molecule has 0 saturated heterocycles. The number of hydrogen-bond donors (Lipinski definition) is 1. The minimum atomic E-state index is 0.230. The van der Waals surface area contributed by atoms with Gasteiger partial charge in [0.25, 0.3) is 0 Å². The van der Waals surface area contributed by atoms with Gasteiger partial charge in [0.05, 0.1) is 6.10 Å². The molecule has 0 spiro atoms. The Morgan fingerprint density at radius 1 is 1.25 bits per heavy atom. The summed E-state index contributed by atoms with van der Waals surface area (Å²) in [6.45, 7) is 7.56. The molecular weight excluding hydrogens is 246 g/mol. The van der Waals surface area contributed by atoms with E-state index < -0.39 is 0 Å². The zero-order valence-electron chi connectivity index (χ0n) is 13.0. The van der Waals surface area contributed by atoms with Crippen LogP contribution < -0.4 is 5.32 Å². The lowest BCUT2D eigenvalue weighted by molar-refractivity contribution is -0.0976. The van der Waals surface area contributed by atoms with Crippen molar-refractivity contribution in [2.24, 2.45) is 5.41 Å². The molecule has 1 saturated carbocycles. The second-order valence-electron chi connectivity index (χ2n) is 6.85. The summed E-state index contributed by atoms with van der Waals surface area (Å²) in [4.78, 5) is 0. The van der Waals surface area contributed by atoms with Crippen molar-refractivity contribution in [2.75, 3.05) is 11.9 Å². The molecule has 0 bridgehead atoms. The first-order valence-corrected chi connectivity index (χ1v) is 8.12. The summed E-state index contributed by atoms with van der Waals surface area (Å²) in [5, 5.41) is 3.81. The predicted molar refractivity (Wildman–Crippen MR) is 84.3 cm³/mol. The summed E-state index contributed by atoms with van der Waals surface area (Å²) in [5.41, 5.74) is 4.72. The first-order chi connectivity index (χ1) is 9.63. The van der Waals surface area contributed by atoms with Gasteiger partial charge in [0, 0.05) is 23.8 Å². The van der Waals surface area contributed by atoms with Crippen LogP contribution in [0.15, 0.2) is 18.2 Å². The SMILES string of the molecule is CCOC1CC(Nc2cccc3c2CCCC3)C1(C)C. The first kappa shape index (κ1) is 13.9. The first-order valence-electron chi connectivity index (χ1n) is 8.12. The van der Waals surface area contributed by atoms with Gasteiger partial charge < -0.3 is 10.1 Å². The summed E-state index contributed by atoms with van der Waals surface area (Å²) < 4.78 is 5.83. The molecule has 2 unspecified atom stereocenters. The number of nitrogens with one attached hydrogen (secondary N) is 1. The van der Waals surface area contributed by atoms with Gasteiger partial charge in [0.2, 0.25) is 0 Å². The van der Waals surface area contributed by atoms with E-state index >= 15 is 0 Å². The molecule has 1 aromatic rings. The fraction of sp³-hybridized carbons (Fsp3) is 0.667. The summed E-state index contributed by atoms with van der Waals surface area (Å²) in [6, 6.07) is 7.30. The number of anilines is 1. The predicted octanol–water partition coefficient (Wildman–Crippen LogP) is 4.18. The van der Waals surface area contributed by atoms with Crippen molar-refractivity contribution in [3.8, 4) is 0 Å². The van der Waals surface area contributed by atoms with Crippen molar-refractivity contribution in [3.63, 3.8) is 0 Å². The molecule has 110 valence electrons. The van der Waals surface area contributed by atoms with Crippen LogP contribution >= 0.6 is 0 Å². The Morgan fingerprint density at radius 2 is 2.05 bits per heavy atom. The molecule has 20 heavy (non-hydrogen) atoms. The third-order valence-corrected chi connectivity index (χ3v) is 5.27. The van der Waals surface area contributed by atoms with Crippen LogP contribution in [0.3, 0.4) is 0 Å². The summed E-state index contributed by atoms with van der Waals surface area (Å²) in [5.74, 6) is 0. The minimum absolute atomic E-state index is 0.230. The molecule has 2 nitrogen and oxygen atoms in total. The van der Waals surface area contributed by atoms with Crippen molar-refractivity contribution in [1.82, 2.24) is 0 Å². The second kappa shape index (κ2) is 5.40. The van der Waals surface area contributed by atoms with Gasteiger partial charge in [-0.15, -0.1) is 0 Å². The van der Waals surface area contributed by atoms with E-state index in [2.05, 4.69) is 44.3 Å². The highest BCUT2D eigenvalue weighted by molar-refractivity contribution is 5.57. The van der Waals surface area contributed by atoms with Gasteiger partial charge >= 0.3 is 0 Å². The second-order valence-corrected chi connectivity index (χ2v) is 6.85. The van der Waals surface area contributed by atoms with Crippen LogP contribution in [0.1, 0.15) is 51.2 Å². The number of fused-ring (bicyclic) bond motifs is 1. The van der Waals surface area contributed by atoms with E-state index in [0.717, 1.165) is 13.0 Å². The molecule has 2 heteroatoms. The van der Waals surface area contributed by atoms with E-state index in [1.807, 2.05) is 0 Å². The van der Waals surface area contributed by atoms with Crippen molar-refractivity contribution in [2.45, 2.75) is 65.0 Å². The van der Waals surface area contributed by atoms with Crippen LogP contribution in [0.5, 0.6) is 0 Å². The Kier molecular flexibility index (Phi) is 3.76. The van der Waals surface area contributed by atoms with E-state index in [0.29, 0.717) is 12.1 Å². The van der Waals surface area contributed by atoms with Crippen LogP contribution in [0.4, 0.5) is 5.69 Å². The maximum atomic E-state index is 5.83. The normalized spacial score (nSPS) is 27.6. The smallest absolute Gasteiger partial charge is 0.0665 e. The Balaban J connectivity index is 1.73. The number of rotatable bonds is 4. The molecule has 0 aliphatic heterocycles. The maximum Gasteiger partial charge on any atom is 0.0665 e. The Labute approximate surface area is 122 Å². The average Bonchev–Trinajstić information content (AvgIpc) is 2.46. The lowest BCUT2D eigenvalue weighted by Crippen LogP contribution is -2.58. The van der Waals surface area contributed by atoms with E-state index in [4.69, 9.17) is 4.74 Å². The van der Waals surface area contributed by atoms with Crippen molar-refractivity contribution < 1.29 is 4.74 Å². The lowest BCUT2D eigenvalue weighted by atomic mass is 9.64. The number of benzene rings is 1. The van der Waals surface area contributed by atoms with Gasteiger partial charge in [-0.1, -0.05) is 26.0 Å². The molecule has 1 aromatic carbocycles. The summed E-state index contributed by atoms with van der Waals surface area (Å²) >= 11 is 0. The van der Waals surface area contributed by atoms with E-state index in [-0.39, 0.29) is 5.41 Å². The van der Waals surface area contributed by atoms with Gasteiger partial charge in [-0.05, 0) is 56.2 Å². The Morgan fingerprint density at radius 3 is 2.80 bits per heavy atom. The van der Waals surface area contributed by atoms with E-state index in [9.17, 15) is 0 Å². The highest BCUT2D eigenvalue weighted by Gasteiger charge is 2.49. The molecular formula is C18H27NO. The quantitative estimate of drug-likeness (QED) is 0.888. The van der Waals surface area contributed by atoms with Crippen LogP contribution in [0, 0.1) is 5.41 Å². The molecule has 0 radical (unpaired) electrons. The number of hydrogen-bond acceptors (Lipinski definition) is 2. The van der Waals surface area contributed by atoms with Gasteiger partial charge in [-0.3, -0.25) is 0 Å². The van der Waals surface area contributed by atoms with E-state index in [1.54, 1.807) is 11.1 Å². The molecule has 2 atom stereocenters. The molecule has 0 amide bonds. The Hall–Kier alpha value is -1.02. The van der Waals surface area contributed by atoms with E-state index in [1.165, 1.54) is 31.4 Å². The molecule has 1 N–H and O–H groups in total. The standard InChI is InChI=1S/C18H27NO/c1-4-20-17-12-16(18(17,2)3)19-15-11-7-9-13-8-5-6-10-14(13)15/h7,9,11,16-17,19H,4-6,8,10,12H2,1-3H3. The van der Waals surface area contributed by atoms with Crippen LogP contribution in [-0.2, 0) is 17.6 Å². The third-order valence-electron chi connectivity index (χ3n) is 5.27. The minimum Gasteiger partial charge on any atom is -0.381 e.